The summed E-state index contributed by atoms with van der Waals surface area (Å²) in [6.45, 7) is 17.7. The summed E-state index contributed by atoms with van der Waals surface area (Å²) >= 11 is 0. The van der Waals surface area contributed by atoms with E-state index >= 15 is 0 Å². The Hall–Kier alpha value is -4.62. The first-order chi connectivity index (χ1) is 21.8. The van der Waals surface area contributed by atoms with Gasteiger partial charge in [-0.15, -0.1) is 0 Å². The summed E-state index contributed by atoms with van der Waals surface area (Å²) in [6, 6.07) is 42.6. The molecule has 226 valence electrons. The van der Waals surface area contributed by atoms with E-state index in [2.05, 4.69) is 174 Å². The highest BCUT2D eigenvalue weighted by Gasteiger charge is 2.38. The fourth-order valence-corrected chi connectivity index (χ4v) is 7.59. The molecule has 0 saturated carbocycles. The lowest BCUT2D eigenvalue weighted by molar-refractivity contribution is 0.659. The van der Waals surface area contributed by atoms with Gasteiger partial charge in [0.15, 0.2) is 0 Å². The fourth-order valence-electron chi connectivity index (χ4n) is 7.59. The van der Waals surface area contributed by atoms with Crippen molar-refractivity contribution in [3.05, 3.63) is 155 Å². The molecule has 0 N–H and O–H groups in total. The van der Waals surface area contributed by atoms with Gasteiger partial charge in [-0.25, -0.2) is 0 Å². The SMILES string of the molecule is C/C=C1\C(=C/C)c2ccc(N(c3ccc(-c4ccccc4)cc3)c3ccc4c(c3)C(C)(C)c3ccccc3-4)cc2C1(C)C.CC. The van der Waals surface area contributed by atoms with E-state index in [4.69, 9.17) is 0 Å². The van der Waals surface area contributed by atoms with Crippen molar-refractivity contribution in [2.24, 2.45) is 0 Å². The summed E-state index contributed by atoms with van der Waals surface area (Å²) in [5, 5.41) is 0. The van der Waals surface area contributed by atoms with Crippen molar-refractivity contribution in [3.63, 3.8) is 0 Å². The minimum Gasteiger partial charge on any atom is -0.310 e. The summed E-state index contributed by atoms with van der Waals surface area (Å²) in [5.41, 5.74) is 16.8. The topological polar surface area (TPSA) is 3.24 Å². The number of allylic oxidation sites excluding steroid dienone is 4. The Labute approximate surface area is 270 Å². The van der Waals surface area contributed by atoms with Crippen LogP contribution in [-0.2, 0) is 10.8 Å². The predicted octanol–water partition coefficient (Wildman–Crippen LogP) is 12.8. The van der Waals surface area contributed by atoms with Crippen LogP contribution >= 0.6 is 0 Å². The Morgan fingerprint density at radius 3 is 1.60 bits per heavy atom. The van der Waals surface area contributed by atoms with E-state index in [9.17, 15) is 0 Å². The average Bonchev–Trinajstić information content (AvgIpc) is 3.44. The van der Waals surface area contributed by atoms with Gasteiger partial charge in [0.05, 0.1) is 0 Å². The molecule has 0 atom stereocenters. The summed E-state index contributed by atoms with van der Waals surface area (Å²) in [5.74, 6) is 0. The van der Waals surface area contributed by atoms with Gasteiger partial charge in [0, 0.05) is 27.9 Å². The molecule has 0 fully saturated rings. The van der Waals surface area contributed by atoms with Crippen LogP contribution in [0.4, 0.5) is 17.1 Å². The molecule has 1 heteroatoms. The third-order valence-corrected chi connectivity index (χ3v) is 9.82. The number of hydrogen-bond donors (Lipinski definition) is 0. The molecule has 0 heterocycles. The first kappa shape index (κ1) is 30.4. The molecule has 0 aromatic heterocycles. The van der Waals surface area contributed by atoms with Crippen molar-refractivity contribution >= 4 is 22.6 Å². The molecule has 2 aliphatic carbocycles. The van der Waals surface area contributed by atoms with Crippen LogP contribution in [-0.4, -0.2) is 0 Å². The second kappa shape index (κ2) is 11.7. The molecular weight excluding hydrogens is 542 g/mol. The molecule has 0 spiro atoms. The Kier molecular flexibility index (Phi) is 7.91. The van der Waals surface area contributed by atoms with Crippen LogP contribution in [0.5, 0.6) is 0 Å². The molecule has 7 rings (SSSR count). The molecule has 0 saturated heterocycles. The van der Waals surface area contributed by atoms with E-state index in [1.54, 1.807) is 0 Å². The van der Waals surface area contributed by atoms with Crippen LogP contribution in [0.15, 0.2) is 133 Å². The first-order valence-corrected chi connectivity index (χ1v) is 16.4. The van der Waals surface area contributed by atoms with E-state index in [-0.39, 0.29) is 10.8 Å². The third kappa shape index (κ3) is 4.86. The van der Waals surface area contributed by atoms with Gasteiger partial charge in [0.1, 0.15) is 0 Å². The van der Waals surface area contributed by atoms with Gasteiger partial charge >= 0.3 is 0 Å². The van der Waals surface area contributed by atoms with E-state index in [0.29, 0.717) is 0 Å². The highest BCUT2D eigenvalue weighted by molar-refractivity contribution is 5.92. The number of rotatable bonds is 4. The number of fused-ring (bicyclic) bond motifs is 4. The zero-order valence-corrected chi connectivity index (χ0v) is 28.1. The number of benzene rings is 5. The Bertz CT molecular complexity index is 1920. The standard InChI is InChI=1S/C42H39N.C2H6/c1-7-33-35-24-22-31(26-39(35)41(3,4)37(33)8-2)43(30-20-18-29(19-21-30)28-14-10-9-11-15-28)32-23-25-36-34-16-12-13-17-38(34)42(5,6)40(36)27-32;1-2/h7-27H,1-6H3;1-2H3/b33-7-,37-8+;. The van der Waals surface area contributed by atoms with Crippen LogP contribution in [0.1, 0.15) is 77.6 Å². The smallest absolute Gasteiger partial charge is 0.0465 e. The molecule has 0 aliphatic heterocycles. The van der Waals surface area contributed by atoms with E-state index in [1.807, 2.05) is 13.8 Å². The predicted molar refractivity (Wildman–Crippen MR) is 196 cm³/mol. The van der Waals surface area contributed by atoms with E-state index < -0.39 is 0 Å². The Morgan fingerprint density at radius 2 is 0.978 bits per heavy atom. The van der Waals surface area contributed by atoms with E-state index in [1.165, 1.54) is 67.0 Å². The summed E-state index contributed by atoms with van der Waals surface area (Å²) in [6.07, 6.45) is 4.55. The summed E-state index contributed by atoms with van der Waals surface area (Å²) < 4.78 is 0. The largest absolute Gasteiger partial charge is 0.310 e. The maximum atomic E-state index is 2.44. The fraction of sp³-hybridized carbons (Fsp3) is 0.227. The lowest BCUT2D eigenvalue weighted by Crippen LogP contribution is -2.18. The minimum absolute atomic E-state index is 0.0632. The van der Waals surface area contributed by atoms with Crippen LogP contribution in [0.3, 0.4) is 0 Å². The number of nitrogens with zero attached hydrogens (tertiary/aromatic N) is 1. The lowest BCUT2D eigenvalue weighted by atomic mass is 9.81. The minimum atomic E-state index is -0.0632. The molecule has 2 aliphatic rings. The second-order valence-corrected chi connectivity index (χ2v) is 12.9. The molecule has 0 bridgehead atoms. The molecule has 0 amide bonds. The highest BCUT2D eigenvalue weighted by Crippen LogP contribution is 2.53. The van der Waals surface area contributed by atoms with Crippen molar-refractivity contribution in [2.75, 3.05) is 4.90 Å². The molecular formula is C44H45N. The van der Waals surface area contributed by atoms with Crippen molar-refractivity contribution in [2.45, 2.75) is 66.2 Å². The molecule has 45 heavy (non-hydrogen) atoms. The van der Waals surface area contributed by atoms with E-state index in [0.717, 1.165) is 5.69 Å². The molecule has 1 nitrogen and oxygen atoms in total. The molecule has 5 aromatic carbocycles. The van der Waals surface area contributed by atoms with Gasteiger partial charge in [-0.05, 0) is 106 Å². The molecule has 0 unspecified atom stereocenters. The maximum absolute atomic E-state index is 2.44. The van der Waals surface area contributed by atoms with Gasteiger partial charge in [0.2, 0.25) is 0 Å². The van der Waals surface area contributed by atoms with Gasteiger partial charge in [-0.1, -0.05) is 133 Å². The zero-order valence-electron chi connectivity index (χ0n) is 28.1. The van der Waals surface area contributed by atoms with Crippen LogP contribution < -0.4 is 4.90 Å². The number of hydrogen-bond acceptors (Lipinski definition) is 1. The molecule has 0 radical (unpaired) electrons. The second-order valence-electron chi connectivity index (χ2n) is 12.9. The summed E-state index contributed by atoms with van der Waals surface area (Å²) in [7, 11) is 0. The monoisotopic (exact) mass is 587 g/mol. The van der Waals surface area contributed by atoms with Gasteiger partial charge in [-0.2, -0.15) is 0 Å². The third-order valence-electron chi connectivity index (χ3n) is 9.82. The first-order valence-electron chi connectivity index (χ1n) is 16.4. The van der Waals surface area contributed by atoms with Crippen molar-refractivity contribution in [1.29, 1.82) is 0 Å². The average molecular weight is 588 g/mol. The van der Waals surface area contributed by atoms with Crippen molar-refractivity contribution < 1.29 is 0 Å². The quantitative estimate of drug-likeness (QED) is 0.202. The highest BCUT2D eigenvalue weighted by atomic mass is 15.1. The van der Waals surface area contributed by atoms with Gasteiger partial charge in [-0.3, -0.25) is 0 Å². The maximum Gasteiger partial charge on any atom is 0.0465 e. The van der Waals surface area contributed by atoms with Crippen LogP contribution in [0.25, 0.3) is 27.8 Å². The normalized spacial score (nSPS) is 16.9. The zero-order chi connectivity index (χ0) is 31.9. The number of anilines is 3. The van der Waals surface area contributed by atoms with Crippen molar-refractivity contribution in [3.8, 4) is 22.3 Å². The van der Waals surface area contributed by atoms with Gasteiger partial charge in [0.25, 0.3) is 0 Å². The Morgan fingerprint density at radius 1 is 0.467 bits per heavy atom. The van der Waals surface area contributed by atoms with Gasteiger partial charge < -0.3 is 4.90 Å². The molecule has 5 aromatic rings. The summed E-state index contributed by atoms with van der Waals surface area (Å²) in [4.78, 5) is 2.44. The Balaban J connectivity index is 0.00000175. The van der Waals surface area contributed by atoms with Crippen molar-refractivity contribution in [1.82, 2.24) is 0 Å². The lowest BCUT2D eigenvalue weighted by Gasteiger charge is -2.29. The van der Waals surface area contributed by atoms with Crippen LogP contribution in [0, 0.1) is 0 Å². The van der Waals surface area contributed by atoms with Crippen LogP contribution in [0.2, 0.25) is 0 Å².